The Balaban J connectivity index is 0.00000163. The summed E-state index contributed by atoms with van der Waals surface area (Å²) < 4.78 is 0. The molecule has 1 unspecified atom stereocenters. The van der Waals surface area contributed by atoms with Crippen LogP contribution >= 0.6 is 0 Å². The van der Waals surface area contributed by atoms with Crippen LogP contribution in [-0.2, 0) is 11.2 Å². The Labute approximate surface area is 148 Å². The van der Waals surface area contributed by atoms with Crippen molar-refractivity contribution >= 4 is 5.97 Å². The molecule has 0 saturated carbocycles. The lowest BCUT2D eigenvalue weighted by Gasteiger charge is -2.16. The molecule has 0 aliphatic rings. The zero-order valence-corrected chi connectivity index (χ0v) is 15.9. The summed E-state index contributed by atoms with van der Waals surface area (Å²) in [4.78, 5) is 10.8. The van der Waals surface area contributed by atoms with E-state index < -0.39 is 5.97 Å². The van der Waals surface area contributed by atoms with Gasteiger partial charge in [-0.2, -0.15) is 0 Å². The third kappa shape index (κ3) is 14.3. The summed E-state index contributed by atoms with van der Waals surface area (Å²) >= 11 is 0. The van der Waals surface area contributed by atoms with Gasteiger partial charge in [-0.15, -0.1) is 0 Å². The number of hydrogen-bond donors (Lipinski definition) is 2. The zero-order valence-electron chi connectivity index (χ0n) is 15.9. The van der Waals surface area contributed by atoms with E-state index in [0.29, 0.717) is 12.3 Å². The molecule has 0 aliphatic heterocycles. The maximum atomic E-state index is 10.8. The van der Waals surface area contributed by atoms with E-state index in [1.165, 1.54) is 44.1 Å². The largest absolute Gasteiger partial charge is 0.481 e. The second-order valence-corrected chi connectivity index (χ2v) is 6.54. The zero-order chi connectivity index (χ0) is 18.0. The van der Waals surface area contributed by atoms with Crippen LogP contribution in [-0.4, -0.2) is 25.2 Å². The van der Waals surface area contributed by atoms with E-state index in [4.69, 9.17) is 5.11 Å². The second kappa shape index (κ2) is 16.5. The minimum atomic E-state index is -0.670. The van der Waals surface area contributed by atoms with Gasteiger partial charge in [-0.3, -0.25) is 4.79 Å². The highest BCUT2D eigenvalue weighted by Gasteiger charge is 2.11. The molecule has 1 rings (SSSR count). The standard InChI is InChI=1S/C19H30O2.C2H7N/c1-2-3-4-5-6-8-13-18(14-15-19(20)21)16-17-11-9-7-10-12-17;1-3-2/h7,9-12,18H,2-6,8,13-16H2,1H3,(H,20,21);3H,1-2H3. The fourth-order valence-electron chi connectivity index (χ4n) is 2.84. The Bertz CT molecular complexity index is 392. The highest BCUT2D eigenvalue weighted by molar-refractivity contribution is 5.66. The van der Waals surface area contributed by atoms with E-state index in [0.717, 1.165) is 19.3 Å². The first-order valence-electron chi connectivity index (χ1n) is 9.48. The van der Waals surface area contributed by atoms with Gasteiger partial charge in [0.05, 0.1) is 0 Å². The van der Waals surface area contributed by atoms with Gasteiger partial charge in [0.2, 0.25) is 0 Å². The summed E-state index contributed by atoms with van der Waals surface area (Å²) in [5.41, 5.74) is 1.33. The van der Waals surface area contributed by atoms with Crippen LogP contribution in [0.3, 0.4) is 0 Å². The van der Waals surface area contributed by atoms with Crippen molar-refractivity contribution in [1.82, 2.24) is 5.32 Å². The van der Waals surface area contributed by atoms with Crippen LogP contribution in [0.15, 0.2) is 30.3 Å². The minimum absolute atomic E-state index is 0.299. The molecule has 138 valence electrons. The van der Waals surface area contributed by atoms with Crippen molar-refractivity contribution in [2.75, 3.05) is 14.1 Å². The van der Waals surface area contributed by atoms with Gasteiger partial charge >= 0.3 is 5.97 Å². The monoisotopic (exact) mass is 335 g/mol. The van der Waals surface area contributed by atoms with Crippen LogP contribution < -0.4 is 5.32 Å². The van der Waals surface area contributed by atoms with Gasteiger partial charge in [-0.25, -0.2) is 0 Å². The molecule has 3 nitrogen and oxygen atoms in total. The Kier molecular flexibility index (Phi) is 15.6. The number of rotatable bonds is 12. The molecule has 1 aromatic rings. The van der Waals surface area contributed by atoms with Crippen molar-refractivity contribution < 1.29 is 9.90 Å². The number of aliphatic carboxylic acids is 1. The third-order valence-electron chi connectivity index (χ3n) is 4.10. The highest BCUT2D eigenvalue weighted by atomic mass is 16.4. The molecule has 0 spiro atoms. The molecule has 0 bridgehead atoms. The summed E-state index contributed by atoms with van der Waals surface area (Å²) in [7, 11) is 3.75. The van der Waals surface area contributed by atoms with Crippen LogP contribution in [0.2, 0.25) is 0 Å². The fourth-order valence-corrected chi connectivity index (χ4v) is 2.84. The molecule has 0 aliphatic carbocycles. The number of carboxylic acids is 1. The Hall–Kier alpha value is -1.35. The number of carbonyl (C=O) groups is 1. The molecule has 0 radical (unpaired) electrons. The Morgan fingerprint density at radius 2 is 1.58 bits per heavy atom. The quantitative estimate of drug-likeness (QED) is 0.510. The summed E-state index contributed by atoms with van der Waals surface area (Å²) in [6, 6.07) is 10.5. The number of nitrogens with one attached hydrogen (secondary N) is 1. The molecule has 1 aromatic carbocycles. The van der Waals surface area contributed by atoms with Crippen molar-refractivity contribution in [3.63, 3.8) is 0 Å². The van der Waals surface area contributed by atoms with E-state index in [1.54, 1.807) is 0 Å². The molecular weight excluding hydrogens is 298 g/mol. The second-order valence-electron chi connectivity index (χ2n) is 6.54. The summed E-state index contributed by atoms with van der Waals surface area (Å²) in [5, 5.41) is 11.6. The number of benzene rings is 1. The van der Waals surface area contributed by atoms with Crippen LogP contribution in [0.5, 0.6) is 0 Å². The van der Waals surface area contributed by atoms with Crippen LogP contribution in [0, 0.1) is 5.92 Å². The maximum Gasteiger partial charge on any atom is 0.303 e. The average Bonchev–Trinajstić information content (AvgIpc) is 2.57. The Morgan fingerprint density at radius 1 is 1.00 bits per heavy atom. The lowest BCUT2D eigenvalue weighted by Crippen LogP contribution is -2.08. The van der Waals surface area contributed by atoms with E-state index in [2.05, 4.69) is 36.5 Å². The minimum Gasteiger partial charge on any atom is -0.481 e. The first-order chi connectivity index (χ1) is 11.6. The van der Waals surface area contributed by atoms with Crippen molar-refractivity contribution in [3.8, 4) is 0 Å². The average molecular weight is 336 g/mol. The molecular formula is C21H37NO2. The molecule has 0 fully saturated rings. The number of hydrogen-bond acceptors (Lipinski definition) is 2. The van der Waals surface area contributed by atoms with Crippen LogP contribution in [0.25, 0.3) is 0 Å². The highest BCUT2D eigenvalue weighted by Crippen LogP contribution is 2.21. The molecule has 0 aromatic heterocycles. The molecule has 0 saturated heterocycles. The SMILES string of the molecule is CCCCCCCCC(CCC(=O)O)Cc1ccccc1.CNC. The fraction of sp³-hybridized carbons (Fsp3) is 0.667. The first kappa shape index (κ1) is 22.6. The van der Waals surface area contributed by atoms with Gasteiger partial charge in [0.15, 0.2) is 0 Å². The predicted molar refractivity (Wildman–Crippen MR) is 103 cm³/mol. The molecule has 1 atom stereocenters. The van der Waals surface area contributed by atoms with Crippen molar-refractivity contribution in [1.29, 1.82) is 0 Å². The molecule has 2 N–H and O–H groups in total. The lowest BCUT2D eigenvalue weighted by molar-refractivity contribution is -0.137. The smallest absolute Gasteiger partial charge is 0.303 e. The van der Waals surface area contributed by atoms with Crippen molar-refractivity contribution in [2.45, 2.75) is 71.1 Å². The van der Waals surface area contributed by atoms with E-state index in [1.807, 2.05) is 20.2 Å². The van der Waals surface area contributed by atoms with Gasteiger partial charge in [0.25, 0.3) is 0 Å². The van der Waals surface area contributed by atoms with E-state index in [9.17, 15) is 4.79 Å². The van der Waals surface area contributed by atoms with Gasteiger partial charge in [-0.1, -0.05) is 82.2 Å². The normalized spacial score (nSPS) is 11.5. The summed E-state index contributed by atoms with van der Waals surface area (Å²) in [5.74, 6) is -0.161. The Morgan fingerprint density at radius 3 is 2.17 bits per heavy atom. The predicted octanol–water partition coefficient (Wildman–Crippen LogP) is 5.30. The molecule has 24 heavy (non-hydrogen) atoms. The van der Waals surface area contributed by atoms with Crippen molar-refractivity contribution in [2.24, 2.45) is 5.92 Å². The molecule has 3 heteroatoms. The van der Waals surface area contributed by atoms with E-state index >= 15 is 0 Å². The number of unbranched alkanes of at least 4 members (excludes halogenated alkanes) is 5. The number of carboxylic acid groups (broad SMARTS) is 1. The third-order valence-corrected chi connectivity index (χ3v) is 4.10. The van der Waals surface area contributed by atoms with Gasteiger partial charge in [0.1, 0.15) is 0 Å². The summed E-state index contributed by atoms with van der Waals surface area (Å²) in [6.45, 7) is 2.24. The van der Waals surface area contributed by atoms with Gasteiger partial charge in [0, 0.05) is 6.42 Å². The van der Waals surface area contributed by atoms with E-state index in [-0.39, 0.29) is 0 Å². The maximum absolute atomic E-state index is 10.8. The topological polar surface area (TPSA) is 49.3 Å². The van der Waals surface area contributed by atoms with Crippen molar-refractivity contribution in [3.05, 3.63) is 35.9 Å². The van der Waals surface area contributed by atoms with Gasteiger partial charge in [-0.05, 0) is 38.4 Å². The molecule has 0 heterocycles. The summed E-state index contributed by atoms with van der Waals surface area (Å²) in [6.07, 6.45) is 11.1. The van der Waals surface area contributed by atoms with Crippen LogP contribution in [0.1, 0.15) is 70.3 Å². The van der Waals surface area contributed by atoms with Crippen LogP contribution in [0.4, 0.5) is 0 Å². The first-order valence-corrected chi connectivity index (χ1v) is 9.48. The lowest BCUT2D eigenvalue weighted by atomic mass is 9.89. The molecule has 0 amide bonds. The van der Waals surface area contributed by atoms with Gasteiger partial charge < -0.3 is 10.4 Å².